The van der Waals surface area contributed by atoms with Crippen LogP contribution in [0.1, 0.15) is 24.4 Å². The van der Waals surface area contributed by atoms with Crippen LogP contribution in [0.2, 0.25) is 5.02 Å². The molecule has 0 aliphatic carbocycles. The van der Waals surface area contributed by atoms with E-state index in [4.69, 9.17) is 11.6 Å². The van der Waals surface area contributed by atoms with Crippen LogP contribution in [-0.4, -0.2) is 12.3 Å². The average Bonchev–Trinajstić information content (AvgIpc) is 2.22. The first-order chi connectivity index (χ1) is 7.16. The zero-order chi connectivity index (χ0) is 10.8. The first-order valence-electron chi connectivity index (χ1n) is 4.87. The molecule has 80 valence electrons. The van der Waals surface area contributed by atoms with Gasteiger partial charge >= 0.3 is 0 Å². The third kappa shape index (κ3) is 2.36. The van der Waals surface area contributed by atoms with Gasteiger partial charge in [-0.3, -0.25) is 4.79 Å². The van der Waals surface area contributed by atoms with Crippen molar-refractivity contribution in [2.24, 2.45) is 0 Å². The van der Waals surface area contributed by atoms with E-state index in [2.05, 4.69) is 5.32 Å². The molecule has 1 aromatic carbocycles. The van der Waals surface area contributed by atoms with Crippen LogP contribution in [0.5, 0.6) is 0 Å². The third-order valence-electron chi connectivity index (χ3n) is 2.57. The average molecular weight is 228 g/mol. The second-order valence-electron chi connectivity index (χ2n) is 3.67. The largest absolute Gasteiger partial charge is 0.309 e. The fourth-order valence-corrected chi connectivity index (χ4v) is 1.94. The zero-order valence-electron chi connectivity index (χ0n) is 8.09. The number of hydrogen-bond acceptors (Lipinski definition) is 2. The lowest BCUT2D eigenvalue weighted by molar-refractivity contribution is -0.120. The minimum absolute atomic E-state index is 0.0238. The molecule has 1 unspecified atom stereocenters. The molecule has 0 radical (unpaired) electrons. The van der Waals surface area contributed by atoms with Gasteiger partial charge in [-0.15, -0.1) is 0 Å². The third-order valence-corrected chi connectivity index (χ3v) is 2.86. The molecule has 1 aromatic rings. The van der Waals surface area contributed by atoms with Crippen LogP contribution in [-0.2, 0) is 4.79 Å². The molecule has 1 atom stereocenters. The van der Waals surface area contributed by atoms with E-state index in [0.29, 0.717) is 19.4 Å². The molecule has 4 heteroatoms. The molecule has 2 rings (SSSR count). The summed E-state index contributed by atoms with van der Waals surface area (Å²) in [5.41, 5.74) is 0.870. The van der Waals surface area contributed by atoms with Gasteiger partial charge in [0.25, 0.3) is 0 Å². The Hall–Kier alpha value is -0.930. The van der Waals surface area contributed by atoms with E-state index in [0.717, 1.165) is 5.56 Å². The molecule has 0 saturated carbocycles. The van der Waals surface area contributed by atoms with E-state index in [1.54, 1.807) is 12.1 Å². The van der Waals surface area contributed by atoms with Crippen LogP contribution in [0, 0.1) is 5.82 Å². The predicted octanol–water partition coefficient (Wildman–Crippen LogP) is 2.47. The molecule has 0 spiro atoms. The first kappa shape index (κ1) is 10.6. The molecule has 2 nitrogen and oxygen atoms in total. The predicted molar refractivity (Wildman–Crippen MR) is 56.4 cm³/mol. The summed E-state index contributed by atoms with van der Waals surface area (Å²) in [5, 5.41) is 3.31. The lowest BCUT2D eigenvalue weighted by Crippen LogP contribution is -2.31. The number of Topliss-reactive ketones (excluding diaryl/α,β-unsaturated/α-hetero) is 1. The SMILES string of the molecule is O=C1CCNC(c2ccc(F)c(Cl)c2)C1. The van der Waals surface area contributed by atoms with Gasteiger partial charge in [-0.05, 0) is 17.7 Å². The van der Waals surface area contributed by atoms with Gasteiger partial charge in [-0.1, -0.05) is 17.7 Å². The highest BCUT2D eigenvalue weighted by molar-refractivity contribution is 6.30. The van der Waals surface area contributed by atoms with Crippen molar-refractivity contribution in [1.82, 2.24) is 5.32 Å². The Morgan fingerprint density at radius 3 is 2.93 bits per heavy atom. The number of hydrogen-bond donors (Lipinski definition) is 1. The molecule has 1 fully saturated rings. The summed E-state index contributed by atoms with van der Waals surface area (Å²) in [7, 11) is 0. The standard InChI is InChI=1S/C11H11ClFNO/c12-9-5-7(1-2-10(9)13)11-6-8(15)3-4-14-11/h1-2,5,11,14H,3-4,6H2. The van der Waals surface area contributed by atoms with E-state index < -0.39 is 5.82 Å². The summed E-state index contributed by atoms with van der Waals surface area (Å²) in [6, 6.07) is 4.55. The van der Waals surface area contributed by atoms with Gasteiger partial charge in [0, 0.05) is 25.4 Å². The summed E-state index contributed by atoms with van der Waals surface area (Å²) in [5.74, 6) is -0.193. The molecular weight excluding hydrogens is 217 g/mol. The highest BCUT2D eigenvalue weighted by Crippen LogP contribution is 2.25. The number of nitrogens with one attached hydrogen (secondary N) is 1. The van der Waals surface area contributed by atoms with Crippen LogP contribution < -0.4 is 5.32 Å². The number of piperidine rings is 1. The molecule has 1 saturated heterocycles. The van der Waals surface area contributed by atoms with Gasteiger partial charge in [0.05, 0.1) is 5.02 Å². The number of rotatable bonds is 1. The van der Waals surface area contributed by atoms with Crippen molar-refractivity contribution in [2.75, 3.05) is 6.54 Å². The Bertz CT molecular complexity index is 394. The summed E-state index contributed by atoms with van der Waals surface area (Å²) in [6.07, 6.45) is 1.04. The maximum absolute atomic E-state index is 12.9. The van der Waals surface area contributed by atoms with Crippen LogP contribution in [0.4, 0.5) is 4.39 Å². The van der Waals surface area contributed by atoms with E-state index in [1.165, 1.54) is 6.07 Å². The number of ketones is 1. The highest BCUT2D eigenvalue weighted by atomic mass is 35.5. The lowest BCUT2D eigenvalue weighted by atomic mass is 9.97. The monoisotopic (exact) mass is 227 g/mol. The minimum atomic E-state index is -0.428. The number of halogens is 2. The van der Waals surface area contributed by atoms with Gasteiger partial charge in [-0.25, -0.2) is 4.39 Å². The topological polar surface area (TPSA) is 29.1 Å². The normalized spacial score (nSPS) is 21.7. The molecule has 0 amide bonds. The lowest BCUT2D eigenvalue weighted by Gasteiger charge is -2.23. The van der Waals surface area contributed by atoms with E-state index in [9.17, 15) is 9.18 Å². The highest BCUT2D eigenvalue weighted by Gasteiger charge is 2.20. The molecule has 1 aliphatic heterocycles. The van der Waals surface area contributed by atoms with Gasteiger partial charge < -0.3 is 5.32 Å². The van der Waals surface area contributed by atoms with Gasteiger partial charge in [0.1, 0.15) is 11.6 Å². The van der Waals surface area contributed by atoms with Crippen molar-refractivity contribution in [3.05, 3.63) is 34.6 Å². The Balaban J connectivity index is 2.21. The summed E-state index contributed by atoms with van der Waals surface area (Å²) in [4.78, 5) is 11.3. The molecule has 0 bridgehead atoms. The van der Waals surface area contributed by atoms with E-state index >= 15 is 0 Å². The van der Waals surface area contributed by atoms with Crippen molar-refractivity contribution in [3.63, 3.8) is 0 Å². The molecule has 1 aliphatic rings. The van der Waals surface area contributed by atoms with E-state index in [-0.39, 0.29) is 16.8 Å². The summed E-state index contributed by atoms with van der Waals surface area (Å²) in [6.45, 7) is 0.679. The van der Waals surface area contributed by atoms with Crippen molar-refractivity contribution < 1.29 is 9.18 Å². The molecule has 0 aromatic heterocycles. The molecule has 15 heavy (non-hydrogen) atoms. The fourth-order valence-electron chi connectivity index (χ4n) is 1.75. The van der Waals surface area contributed by atoms with Crippen molar-refractivity contribution in [1.29, 1.82) is 0 Å². The van der Waals surface area contributed by atoms with Crippen molar-refractivity contribution in [2.45, 2.75) is 18.9 Å². The smallest absolute Gasteiger partial charge is 0.141 e. The van der Waals surface area contributed by atoms with E-state index in [1.807, 2.05) is 0 Å². The van der Waals surface area contributed by atoms with Gasteiger partial charge in [0.2, 0.25) is 0 Å². The first-order valence-corrected chi connectivity index (χ1v) is 5.24. The quantitative estimate of drug-likeness (QED) is 0.799. The number of benzene rings is 1. The summed E-state index contributed by atoms with van der Waals surface area (Å²) >= 11 is 5.68. The number of carbonyl (C=O) groups is 1. The van der Waals surface area contributed by atoms with Gasteiger partial charge in [-0.2, -0.15) is 0 Å². The molecular formula is C11H11ClFNO. The fraction of sp³-hybridized carbons (Fsp3) is 0.364. The van der Waals surface area contributed by atoms with Crippen molar-refractivity contribution in [3.8, 4) is 0 Å². The molecule has 1 N–H and O–H groups in total. The van der Waals surface area contributed by atoms with Crippen LogP contribution in [0.15, 0.2) is 18.2 Å². The Labute approximate surface area is 92.4 Å². The zero-order valence-corrected chi connectivity index (χ0v) is 8.85. The maximum Gasteiger partial charge on any atom is 0.141 e. The van der Waals surface area contributed by atoms with Crippen LogP contribution >= 0.6 is 11.6 Å². The van der Waals surface area contributed by atoms with Crippen molar-refractivity contribution >= 4 is 17.4 Å². The Morgan fingerprint density at radius 2 is 2.27 bits per heavy atom. The summed E-state index contributed by atoms with van der Waals surface area (Å²) < 4.78 is 12.9. The second kappa shape index (κ2) is 4.29. The maximum atomic E-state index is 12.9. The second-order valence-corrected chi connectivity index (χ2v) is 4.08. The van der Waals surface area contributed by atoms with Crippen LogP contribution in [0.3, 0.4) is 0 Å². The van der Waals surface area contributed by atoms with Gasteiger partial charge in [0.15, 0.2) is 0 Å². The number of carbonyl (C=O) groups excluding carboxylic acids is 1. The van der Waals surface area contributed by atoms with Crippen LogP contribution in [0.25, 0.3) is 0 Å². The molecule has 1 heterocycles. The minimum Gasteiger partial charge on any atom is -0.309 e. The Morgan fingerprint density at radius 1 is 1.47 bits per heavy atom. The Kier molecular flexibility index (Phi) is 3.03.